The van der Waals surface area contributed by atoms with Crippen molar-refractivity contribution in [2.45, 2.75) is 33.7 Å². The Labute approximate surface area is 146 Å². The van der Waals surface area contributed by atoms with E-state index in [2.05, 4.69) is 4.98 Å². The molecule has 0 aliphatic carbocycles. The second kappa shape index (κ2) is 6.40. The average Bonchev–Trinajstić information content (AvgIpc) is 2.88. The molecule has 2 aromatic heterocycles. The van der Waals surface area contributed by atoms with Crippen molar-refractivity contribution < 1.29 is 9.18 Å². The van der Waals surface area contributed by atoms with Gasteiger partial charge in [-0.25, -0.2) is 9.18 Å². The van der Waals surface area contributed by atoms with Crippen molar-refractivity contribution in [3.8, 4) is 0 Å². The molecular formula is C18H17FN2O3S. The normalized spacial score (nSPS) is 11.2. The maximum absolute atomic E-state index is 13.4. The minimum absolute atomic E-state index is 0.266. The Kier molecular flexibility index (Phi) is 4.43. The van der Waals surface area contributed by atoms with Crippen molar-refractivity contribution in [1.82, 2.24) is 9.55 Å². The monoisotopic (exact) mass is 360 g/mol. The van der Waals surface area contributed by atoms with Gasteiger partial charge >= 0.3 is 5.69 Å². The maximum atomic E-state index is 13.4. The molecule has 0 atom stereocenters. The van der Waals surface area contributed by atoms with Gasteiger partial charge in [0.1, 0.15) is 10.6 Å². The van der Waals surface area contributed by atoms with Gasteiger partial charge in [-0.15, -0.1) is 11.3 Å². The molecule has 5 nitrogen and oxygen atoms in total. The fourth-order valence-corrected chi connectivity index (χ4v) is 4.03. The number of ketones is 1. The van der Waals surface area contributed by atoms with Crippen molar-refractivity contribution >= 4 is 27.3 Å². The number of aromatic nitrogens is 2. The number of rotatable bonds is 4. The fraction of sp³-hybridized carbons (Fsp3) is 0.278. The summed E-state index contributed by atoms with van der Waals surface area (Å²) in [7, 11) is 0. The lowest BCUT2D eigenvalue weighted by molar-refractivity contribution is 0.0969. The molecule has 2 heterocycles. The molecule has 3 aromatic rings. The van der Waals surface area contributed by atoms with Crippen molar-refractivity contribution in [1.29, 1.82) is 0 Å². The van der Waals surface area contributed by atoms with E-state index in [1.165, 1.54) is 29.5 Å². The zero-order valence-corrected chi connectivity index (χ0v) is 14.9. The molecule has 0 radical (unpaired) electrons. The van der Waals surface area contributed by atoms with E-state index in [1.807, 2.05) is 13.8 Å². The first-order chi connectivity index (χ1) is 11.8. The molecule has 25 heavy (non-hydrogen) atoms. The lowest BCUT2D eigenvalue weighted by Crippen LogP contribution is -2.37. The van der Waals surface area contributed by atoms with Gasteiger partial charge in [0.25, 0.3) is 5.56 Å². The summed E-state index contributed by atoms with van der Waals surface area (Å²) in [6.07, 6.45) is 0.665. The Balaban J connectivity index is 2.09. The number of carbonyl (C=O) groups excluding carboxylic acids is 1. The van der Waals surface area contributed by atoms with Gasteiger partial charge in [0.15, 0.2) is 5.78 Å². The Morgan fingerprint density at radius 1 is 1.28 bits per heavy atom. The number of carbonyl (C=O) groups is 1. The number of thiophene rings is 1. The Morgan fingerprint density at radius 2 is 2.00 bits per heavy atom. The second-order valence-electron chi connectivity index (χ2n) is 5.90. The number of hydrogen-bond donors (Lipinski definition) is 1. The molecule has 0 fully saturated rings. The summed E-state index contributed by atoms with van der Waals surface area (Å²) in [4.78, 5) is 41.7. The predicted octanol–water partition coefficient (Wildman–Crippen LogP) is 2.95. The summed E-state index contributed by atoms with van der Waals surface area (Å²) >= 11 is 1.36. The highest BCUT2D eigenvalue weighted by atomic mass is 32.1. The quantitative estimate of drug-likeness (QED) is 0.727. The topological polar surface area (TPSA) is 71.9 Å². The molecule has 0 spiro atoms. The van der Waals surface area contributed by atoms with Crippen LogP contribution >= 0.6 is 11.3 Å². The van der Waals surface area contributed by atoms with Crippen LogP contribution in [-0.2, 0) is 13.0 Å². The number of nitrogens with zero attached hydrogens (tertiary/aromatic N) is 1. The van der Waals surface area contributed by atoms with E-state index in [4.69, 9.17) is 0 Å². The molecular weight excluding hydrogens is 343 g/mol. The van der Waals surface area contributed by atoms with Crippen LogP contribution in [0, 0.1) is 19.7 Å². The average molecular weight is 360 g/mol. The van der Waals surface area contributed by atoms with Gasteiger partial charge in [0, 0.05) is 10.4 Å². The third kappa shape index (κ3) is 2.95. The van der Waals surface area contributed by atoms with E-state index in [-0.39, 0.29) is 12.1 Å². The van der Waals surface area contributed by atoms with Crippen molar-refractivity contribution in [2.24, 2.45) is 0 Å². The van der Waals surface area contributed by atoms with E-state index >= 15 is 0 Å². The van der Waals surface area contributed by atoms with E-state index in [0.29, 0.717) is 22.2 Å². The van der Waals surface area contributed by atoms with Crippen LogP contribution in [0.3, 0.4) is 0 Å². The molecule has 7 heteroatoms. The van der Waals surface area contributed by atoms with E-state index < -0.39 is 22.8 Å². The minimum Gasteiger partial charge on any atom is -0.298 e. The molecule has 0 amide bonds. The highest BCUT2D eigenvalue weighted by Gasteiger charge is 2.18. The summed E-state index contributed by atoms with van der Waals surface area (Å²) in [5.74, 6) is -0.825. The Morgan fingerprint density at radius 3 is 2.64 bits per heavy atom. The number of halogens is 1. The molecule has 0 aliphatic heterocycles. The third-order valence-corrected chi connectivity index (χ3v) is 5.33. The molecule has 1 aromatic carbocycles. The Hall–Kier alpha value is -2.54. The maximum Gasteiger partial charge on any atom is 0.329 e. The van der Waals surface area contributed by atoms with Crippen molar-refractivity contribution in [3.63, 3.8) is 0 Å². The van der Waals surface area contributed by atoms with Crippen molar-refractivity contribution in [2.75, 3.05) is 0 Å². The minimum atomic E-state index is -0.617. The molecule has 0 saturated carbocycles. The fourth-order valence-electron chi connectivity index (χ4n) is 2.91. The third-order valence-electron chi connectivity index (χ3n) is 4.27. The number of fused-ring (bicyclic) bond motifs is 1. The number of benzene rings is 1. The number of nitrogens with one attached hydrogen (secondary N) is 1. The van der Waals surface area contributed by atoms with Crippen LogP contribution in [0.25, 0.3) is 10.2 Å². The molecule has 0 unspecified atom stereocenters. The van der Waals surface area contributed by atoms with Crippen LogP contribution in [-0.4, -0.2) is 15.3 Å². The number of H-pyrrole nitrogens is 1. The Bertz CT molecular complexity index is 1110. The van der Waals surface area contributed by atoms with Crippen LogP contribution in [0.15, 0.2) is 27.8 Å². The van der Waals surface area contributed by atoms with Gasteiger partial charge in [-0.1, -0.05) is 6.92 Å². The van der Waals surface area contributed by atoms with Gasteiger partial charge < -0.3 is 0 Å². The van der Waals surface area contributed by atoms with Crippen LogP contribution in [0.4, 0.5) is 4.39 Å². The standard InChI is InChI=1S/C18H17FN2O3S/c1-4-12-10(3)25-16-15(12)17(23)21(18(24)20-16)8-14(22)11-5-6-13(19)9(2)7-11/h5-7H,4,8H2,1-3H3,(H,20,24). The van der Waals surface area contributed by atoms with Gasteiger partial charge in [-0.2, -0.15) is 0 Å². The van der Waals surface area contributed by atoms with E-state index in [1.54, 1.807) is 6.92 Å². The molecule has 130 valence electrons. The van der Waals surface area contributed by atoms with Gasteiger partial charge in [0.05, 0.1) is 11.9 Å². The zero-order chi connectivity index (χ0) is 18.3. The van der Waals surface area contributed by atoms with Gasteiger partial charge in [-0.05, 0) is 49.6 Å². The molecule has 0 saturated heterocycles. The van der Waals surface area contributed by atoms with Gasteiger partial charge in [0.2, 0.25) is 0 Å². The molecule has 0 aliphatic rings. The number of Topliss-reactive ketones (excluding diaryl/α,β-unsaturated/α-hetero) is 1. The first-order valence-electron chi connectivity index (χ1n) is 7.88. The van der Waals surface area contributed by atoms with E-state index in [9.17, 15) is 18.8 Å². The highest BCUT2D eigenvalue weighted by Crippen LogP contribution is 2.26. The molecule has 0 bridgehead atoms. The van der Waals surface area contributed by atoms with Crippen LogP contribution in [0.2, 0.25) is 0 Å². The molecule has 3 rings (SSSR count). The second-order valence-corrected chi connectivity index (χ2v) is 7.13. The van der Waals surface area contributed by atoms with Crippen LogP contribution in [0.5, 0.6) is 0 Å². The zero-order valence-electron chi connectivity index (χ0n) is 14.1. The lowest BCUT2D eigenvalue weighted by Gasteiger charge is -2.06. The highest BCUT2D eigenvalue weighted by molar-refractivity contribution is 7.18. The van der Waals surface area contributed by atoms with Crippen LogP contribution in [0.1, 0.15) is 33.3 Å². The first kappa shape index (κ1) is 17.3. The van der Waals surface area contributed by atoms with Crippen molar-refractivity contribution in [3.05, 3.63) is 66.4 Å². The summed E-state index contributed by atoms with van der Waals surface area (Å²) in [6.45, 7) is 5.01. The first-order valence-corrected chi connectivity index (χ1v) is 8.69. The number of aromatic amines is 1. The predicted molar refractivity (Wildman–Crippen MR) is 96.3 cm³/mol. The number of aryl methyl sites for hydroxylation is 3. The summed E-state index contributed by atoms with van der Waals surface area (Å²) in [5.41, 5.74) is 0.410. The number of hydrogen-bond acceptors (Lipinski definition) is 4. The molecule has 1 N–H and O–H groups in total. The summed E-state index contributed by atoms with van der Waals surface area (Å²) in [6, 6.07) is 3.98. The van der Waals surface area contributed by atoms with Gasteiger partial charge in [-0.3, -0.25) is 19.1 Å². The smallest absolute Gasteiger partial charge is 0.298 e. The largest absolute Gasteiger partial charge is 0.329 e. The lowest BCUT2D eigenvalue weighted by atomic mass is 10.1. The summed E-state index contributed by atoms with van der Waals surface area (Å²) < 4.78 is 14.3. The summed E-state index contributed by atoms with van der Waals surface area (Å²) in [5, 5.41) is 0.465. The SMILES string of the molecule is CCc1c(C)sc2[nH]c(=O)n(CC(=O)c3ccc(F)c(C)c3)c(=O)c12. The van der Waals surface area contributed by atoms with Crippen LogP contribution < -0.4 is 11.2 Å². The van der Waals surface area contributed by atoms with E-state index in [0.717, 1.165) is 15.0 Å².